The van der Waals surface area contributed by atoms with Gasteiger partial charge >= 0.3 is 5.97 Å². The maximum absolute atomic E-state index is 12.3. The molecule has 0 saturated carbocycles. The molecule has 0 bridgehead atoms. The number of hydrogen-bond acceptors (Lipinski definition) is 4. The molecular weight excluding hydrogens is 324 g/mol. The highest BCUT2D eigenvalue weighted by Gasteiger charge is 2.39. The lowest BCUT2D eigenvalue weighted by Gasteiger charge is -2.20. The first-order valence-electron chi connectivity index (χ1n) is 5.28. The fraction of sp³-hybridized carbons (Fsp3) is 0.400. The molecule has 1 aliphatic rings. The third kappa shape index (κ3) is 2.40. The van der Waals surface area contributed by atoms with Gasteiger partial charge in [0.15, 0.2) is 0 Å². The van der Waals surface area contributed by atoms with Crippen molar-refractivity contribution in [2.45, 2.75) is 23.8 Å². The molecule has 98 valence electrons. The largest absolute Gasteiger partial charge is 0.480 e. The molecule has 0 spiro atoms. The zero-order valence-electron chi connectivity index (χ0n) is 9.28. The maximum Gasteiger partial charge on any atom is 0.322 e. The third-order valence-corrected chi connectivity index (χ3v) is 5.08. The molecule has 1 atom stereocenters. The SMILES string of the molecule is O=C(O)C1CCCN1S(=O)(=O)c1cncc(Br)c1. The summed E-state index contributed by atoms with van der Waals surface area (Å²) in [4.78, 5) is 14.8. The van der Waals surface area contributed by atoms with E-state index in [-0.39, 0.29) is 11.4 Å². The Labute approximate surface area is 113 Å². The number of nitrogens with zero attached hydrogens (tertiary/aromatic N) is 2. The number of carboxylic acids is 1. The van der Waals surface area contributed by atoms with E-state index in [9.17, 15) is 13.2 Å². The van der Waals surface area contributed by atoms with Crippen LogP contribution in [-0.2, 0) is 14.8 Å². The highest BCUT2D eigenvalue weighted by molar-refractivity contribution is 9.10. The number of carbonyl (C=O) groups is 1. The van der Waals surface area contributed by atoms with Gasteiger partial charge in [0.05, 0.1) is 0 Å². The molecule has 1 saturated heterocycles. The minimum atomic E-state index is -3.80. The van der Waals surface area contributed by atoms with Gasteiger partial charge in [-0.05, 0) is 34.8 Å². The van der Waals surface area contributed by atoms with Gasteiger partial charge in [-0.2, -0.15) is 4.31 Å². The highest BCUT2D eigenvalue weighted by atomic mass is 79.9. The van der Waals surface area contributed by atoms with Gasteiger partial charge in [0.25, 0.3) is 0 Å². The second kappa shape index (κ2) is 4.94. The second-order valence-corrected chi connectivity index (χ2v) is 6.76. The van der Waals surface area contributed by atoms with Crippen molar-refractivity contribution < 1.29 is 18.3 Å². The van der Waals surface area contributed by atoms with Crippen molar-refractivity contribution in [2.24, 2.45) is 0 Å². The molecule has 1 aromatic heterocycles. The van der Waals surface area contributed by atoms with Crippen LogP contribution in [0, 0.1) is 0 Å². The van der Waals surface area contributed by atoms with Gasteiger partial charge in [0, 0.05) is 23.4 Å². The minimum Gasteiger partial charge on any atom is -0.480 e. The van der Waals surface area contributed by atoms with E-state index in [1.165, 1.54) is 18.5 Å². The average Bonchev–Trinajstić information content (AvgIpc) is 2.78. The Kier molecular flexibility index (Phi) is 3.69. The molecule has 8 heteroatoms. The van der Waals surface area contributed by atoms with Crippen molar-refractivity contribution in [3.63, 3.8) is 0 Å². The van der Waals surface area contributed by atoms with E-state index in [0.717, 1.165) is 4.31 Å². The molecule has 0 radical (unpaired) electrons. The van der Waals surface area contributed by atoms with Crippen molar-refractivity contribution in [1.82, 2.24) is 9.29 Å². The zero-order valence-corrected chi connectivity index (χ0v) is 11.7. The van der Waals surface area contributed by atoms with Gasteiger partial charge in [-0.25, -0.2) is 8.42 Å². The topological polar surface area (TPSA) is 87.6 Å². The lowest BCUT2D eigenvalue weighted by Crippen LogP contribution is -2.40. The molecule has 0 aliphatic carbocycles. The van der Waals surface area contributed by atoms with Crippen LogP contribution < -0.4 is 0 Å². The van der Waals surface area contributed by atoms with Crippen LogP contribution in [0.3, 0.4) is 0 Å². The van der Waals surface area contributed by atoms with Gasteiger partial charge < -0.3 is 5.11 Å². The number of pyridine rings is 1. The molecule has 1 N–H and O–H groups in total. The summed E-state index contributed by atoms with van der Waals surface area (Å²) in [5, 5.41) is 9.02. The van der Waals surface area contributed by atoms with Crippen molar-refractivity contribution in [3.8, 4) is 0 Å². The first-order valence-corrected chi connectivity index (χ1v) is 7.51. The van der Waals surface area contributed by atoms with Crippen molar-refractivity contribution in [1.29, 1.82) is 0 Å². The van der Waals surface area contributed by atoms with Gasteiger partial charge in [-0.15, -0.1) is 0 Å². The Hall–Kier alpha value is -0.990. The van der Waals surface area contributed by atoms with Crippen LogP contribution in [0.15, 0.2) is 27.8 Å². The third-order valence-electron chi connectivity index (χ3n) is 2.78. The van der Waals surface area contributed by atoms with E-state index in [0.29, 0.717) is 17.3 Å². The van der Waals surface area contributed by atoms with Crippen LogP contribution in [0.2, 0.25) is 0 Å². The number of aromatic nitrogens is 1. The van der Waals surface area contributed by atoms with Crippen LogP contribution >= 0.6 is 15.9 Å². The van der Waals surface area contributed by atoms with E-state index < -0.39 is 22.0 Å². The Bertz CT molecular complexity index is 575. The number of carboxylic acid groups (broad SMARTS) is 1. The zero-order chi connectivity index (χ0) is 13.3. The number of sulfonamides is 1. The van der Waals surface area contributed by atoms with Crippen LogP contribution in [0.4, 0.5) is 0 Å². The second-order valence-electron chi connectivity index (χ2n) is 3.95. The number of rotatable bonds is 3. The molecule has 1 aromatic rings. The molecule has 6 nitrogen and oxygen atoms in total. The quantitative estimate of drug-likeness (QED) is 0.893. The molecule has 18 heavy (non-hydrogen) atoms. The number of hydrogen-bond donors (Lipinski definition) is 1. The Morgan fingerprint density at radius 1 is 1.50 bits per heavy atom. The standard InChI is InChI=1S/C10H11BrN2O4S/c11-7-4-8(6-12-5-7)18(16,17)13-3-1-2-9(13)10(14)15/h4-6,9H,1-3H2,(H,14,15). The van der Waals surface area contributed by atoms with Gasteiger partial charge in [0.2, 0.25) is 10.0 Å². The summed E-state index contributed by atoms with van der Waals surface area (Å²) >= 11 is 3.15. The monoisotopic (exact) mass is 334 g/mol. The van der Waals surface area contributed by atoms with E-state index >= 15 is 0 Å². The van der Waals surface area contributed by atoms with Crippen molar-refractivity contribution in [3.05, 3.63) is 22.9 Å². The Morgan fingerprint density at radius 2 is 2.22 bits per heavy atom. The fourth-order valence-corrected chi connectivity index (χ4v) is 4.10. The van der Waals surface area contributed by atoms with Crippen LogP contribution in [0.1, 0.15) is 12.8 Å². The van der Waals surface area contributed by atoms with Crippen molar-refractivity contribution in [2.75, 3.05) is 6.54 Å². The first-order chi connectivity index (χ1) is 8.43. The predicted octanol–water partition coefficient (Wildman–Crippen LogP) is 1.08. The summed E-state index contributed by atoms with van der Waals surface area (Å²) in [5.74, 6) is -1.11. The summed E-state index contributed by atoms with van der Waals surface area (Å²) in [7, 11) is -3.80. The molecule has 0 amide bonds. The van der Waals surface area contributed by atoms with E-state index in [2.05, 4.69) is 20.9 Å². The fourth-order valence-electron chi connectivity index (χ4n) is 1.94. The normalized spacial score (nSPS) is 21.1. The molecule has 1 fully saturated rings. The highest BCUT2D eigenvalue weighted by Crippen LogP contribution is 2.26. The van der Waals surface area contributed by atoms with Gasteiger partial charge in [0.1, 0.15) is 10.9 Å². The first kappa shape index (κ1) is 13.4. The average molecular weight is 335 g/mol. The predicted molar refractivity (Wildman–Crippen MR) is 66.5 cm³/mol. The summed E-state index contributed by atoms with van der Waals surface area (Å²) in [6.07, 6.45) is 3.59. The molecular formula is C10H11BrN2O4S. The summed E-state index contributed by atoms with van der Waals surface area (Å²) in [6.45, 7) is 0.228. The Balaban J connectivity index is 2.40. The van der Waals surface area contributed by atoms with Crippen LogP contribution in [0.5, 0.6) is 0 Å². The molecule has 1 aliphatic heterocycles. The molecule has 2 rings (SSSR count). The lowest BCUT2D eigenvalue weighted by molar-refractivity contribution is -0.140. The van der Waals surface area contributed by atoms with Crippen molar-refractivity contribution >= 4 is 31.9 Å². The van der Waals surface area contributed by atoms with Crippen LogP contribution in [-0.4, -0.2) is 41.4 Å². The number of halogens is 1. The van der Waals surface area contributed by atoms with E-state index in [1.54, 1.807) is 0 Å². The summed E-state index contributed by atoms with van der Waals surface area (Å²) < 4.78 is 26.2. The lowest BCUT2D eigenvalue weighted by atomic mass is 10.2. The summed E-state index contributed by atoms with van der Waals surface area (Å²) in [6, 6.07) is 0.438. The summed E-state index contributed by atoms with van der Waals surface area (Å²) in [5.41, 5.74) is 0. The molecule has 1 unspecified atom stereocenters. The molecule has 0 aromatic carbocycles. The van der Waals surface area contributed by atoms with E-state index in [1.807, 2.05) is 0 Å². The van der Waals surface area contributed by atoms with Gasteiger partial charge in [-0.1, -0.05) is 0 Å². The maximum atomic E-state index is 12.3. The van der Waals surface area contributed by atoms with Crippen LogP contribution in [0.25, 0.3) is 0 Å². The Morgan fingerprint density at radius 3 is 2.83 bits per heavy atom. The molecule has 2 heterocycles. The van der Waals surface area contributed by atoms with E-state index in [4.69, 9.17) is 5.11 Å². The smallest absolute Gasteiger partial charge is 0.322 e. The number of aliphatic carboxylic acids is 1. The minimum absolute atomic E-state index is 0.00465. The van der Waals surface area contributed by atoms with Gasteiger partial charge in [-0.3, -0.25) is 9.78 Å².